The molecule has 1 aliphatic heterocycles. The van der Waals surface area contributed by atoms with Gasteiger partial charge in [-0.15, -0.1) is 0 Å². The zero-order chi connectivity index (χ0) is 18.3. The smallest absolute Gasteiger partial charge is 0.266 e. The molecule has 0 spiro atoms. The third-order valence-corrected chi connectivity index (χ3v) is 4.31. The summed E-state index contributed by atoms with van der Waals surface area (Å²) in [6, 6.07) is 19.0. The number of fused-ring (bicyclic) bond motifs is 1. The molecule has 0 aromatic heterocycles. The molecule has 4 rings (SSSR count). The highest BCUT2D eigenvalue weighted by Crippen LogP contribution is 2.28. The second kappa shape index (κ2) is 5.97. The van der Waals surface area contributed by atoms with Crippen molar-refractivity contribution in [2.75, 3.05) is 4.90 Å². The van der Waals surface area contributed by atoms with Gasteiger partial charge in [-0.3, -0.25) is 14.4 Å². The van der Waals surface area contributed by atoms with E-state index in [4.69, 9.17) is 0 Å². The van der Waals surface area contributed by atoms with Crippen LogP contribution in [0.5, 0.6) is 5.75 Å². The molecule has 5 nitrogen and oxygen atoms in total. The SMILES string of the molecule is O=C(c1ccc(O)cc1)c1ccc(N2C(=O)c3ccccc3C2=O)cc1. The predicted molar refractivity (Wildman–Crippen MR) is 95.6 cm³/mol. The molecule has 0 fully saturated rings. The predicted octanol–water partition coefficient (Wildman–Crippen LogP) is 3.42. The van der Waals surface area contributed by atoms with Crippen LogP contribution in [0.3, 0.4) is 0 Å². The van der Waals surface area contributed by atoms with Crippen LogP contribution in [0.1, 0.15) is 36.6 Å². The maximum Gasteiger partial charge on any atom is 0.266 e. The van der Waals surface area contributed by atoms with E-state index in [0.717, 1.165) is 4.90 Å². The standard InChI is InChI=1S/C21H13NO4/c23-16-11-7-14(8-12-16)19(24)13-5-9-15(10-6-13)22-20(25)17-3-1-2-4-18(17)21(22)26/h1-12,23H. The van der Waals surface area contributed by atoms with Crippen LogP contribution < -0.4 is 4.90 Å². The third kappa shape index (κ3) is 2.46. The number of amides is 2. The summed E-state index contributed by atoms with van der Waals surface area (Å²) in [7, 11) is 0. The minimum absolute atomic E-state index is 0.0857. The monoisotopic (exact) mass is 343 g/mol. The number of aromatic hydroxyl groups is 1. The Morgan fingerprint density at radius 2 is 1.15 bits per heavy atom. The van der Waals surface area contributed by atoms with Crippen molar-refractivity contribution in [3.05, 3.63) is 95.1 Å². The Kier molecular flexibility index (Phi) is 3.62. The van der Waals surface area contributed by atoms with E-state index in [1.165, 1.54) is 24.3 Å². The van der Waals surface area contributed by atoms with Gasteiger partial charge >= 0.3 is 0 Å². The van der Waals surface area contributed by atoms with Crippen molar-refractivity contribution in [3.8, 4) is 5.75 Å². The molecule has 0 radical (unpaired) electrons. The second-order valence-electron chi connectivity index (χ2n) is 5.91. The topological polar surface area (TPSA) is 74.7 Å². The fourth-order valence-electron chi connectivity index (χ4n) is 2.97. The first-order valence-electron chi connectivity index (χ1n) is 7.98. The Labute approximate surface area is 149 Å². The highest BCUT2D eigenvalue weighted by Gasteiger charge is 2.36. The number of phenols is 1. The molecule has 0 atom stereocenters. The summed E-state index contributed by atoms with van der Waals surface area (Å²) < 4.78 is 0. The van der Waals surface area contributed by atoms with Gasteiger partial charge in [0, 0.05) is 11.1 Å². The number of anilines is 1. The molecule has 26 heavy (non-hydrogen) atoms. The minimum atomic E-state index is -0.372. The van der Waals surface area contributed by atoms with Gasteiger partial charge in [-0.2, -0.15) is 0 Å². The molecule has 1 aliphatic rings. The largest absolute Gasteiger partial charge is 0.508 e. The number of ketones is 1. The van der Waals surface area contributed by atoms with Gasteiger partial charge < -0.3 is 5.11 Å². The zero-order valence-electron chi connectivity index (χ0n) is 13.5. The van der Waals surface area contributed by atoms with Crippen molar-refractivity contribution in [1.29, 1.82) is 0 Å². The Morgan fingerprint density at radius 3 is 1.65 bits per heavy atom. The van der Waals surface area contributed by atoms with E-state index in [1.807, 2.05) is 0 Å². The minimum Gasteiger partial charge on any atom is -0.508 e. The molecule has 3 aromatic carbocycles. The van der Waals surface area contributed by atoms with E-state index >= 15 is 0 Å². The Hall–Kier alpha value is -3.73. The molecule has 0 unspecified atom stereocenters. The fraction of sp³-hybridized carbons (Fsp3) is 0. The maximum absolute atomic E-state index is 12.5. The van der Waals surface area contributed by atoms with E-state index < -0.39 is 0 Å². The third-order valence-electron chi connectivity index (χ3n) is 4.31. The second-order valence-corrected chi connectivity index (χ2v) is 5.91. The maximum atomic E-state index is 12.5. The molecule has 0 aliphatic carbocycles. The van der Waals surface area contributed by atoms with Crippen molar-refractivity contribution >= 4 is 23.3 Å². The summed E-state index contributed by atoms with van der Waals surface area (Å²) in [5.41, 5.74) is 2.04. The molecule has 0 saturated carbocycles. The summed E-state index contributed by atoms with van der Waals surface area (Å²) in [5, 5.41) is 9.31. The highest BCUT2D eigenvalue weighted by molar-refractivity contribution is 6.34. The van der Waals surface area contributed by atoms with Gasteiger partial charge in [0.15, 0.2) is 5.78 Å². The molecule has 0 bridgehead atoms. The van der Waals surface area contributed by atoms with Crippen LogP contribution in [0.25, 0.3) is 0 Å². The normalized spacial score (nSPS) is 13.0. The number of rotatable bonds is 3. The first-order chi connectivity index (χ1) is 12.6. The molecule has 5 heteroatoms. The first-order valence-corrected chi connectivity index (χ1v) is 7.98. The fourth-order valence-corrected chi connectivity index (χ4v) is 2.97. The number of benzene rings is 3. The van der Waals surface area contributed by atoms with E-state index in [0.29, 0.717) is 27.9 Å². The van der Waals surface area contributed by atoms with Gasteiger partial charge in [-0.1, -0.05) is 12.1 Å². The highest BCUT2D eigenvalue weighted by atomic mass is 16.3. The van der Waals surface area contributed by atoms with E-state index in [-0.39, 0.29) is 23.3 Å². The lowest BCUT2D eigenvalue weighted by Gasteiger charge is -2.14. The number of phenolic OH excluding ortho intramolecular Hbond substituents is 1. The van der Waals surface area contributed by atoms with Crippen molar-refractivity contribution in [1.82, 2.24) is 0 Å². The summed E-state index contributed by atoms with van der Waals surface area (Å²) >= 11 is 0. The molecule has 0 saturated heterocycles. The molecular weight excluding hydrogens is 330 g/mol. The summed E-state index contributed by atoms with van der Waals surface area (Å²) in [4.78, 5) is 38.6. The van der Waals surface area contributed by atoms with Gasteiger partial charge in [-0.05, 0) is 60.7 Å². The summed E-state index contributed by atoms with van der Waals surface area (Å²) in [6.45, 7) is 0. The lowest BCUT2D eigenvalue weighted by molar-refractivity contribution is 0.0925. The Morgan fingerprint density at radius 1 is 0.692 bits per heavy atom. The summed E-state index contributed by atoms with van der Waals surface area (Å²) in [5.74, 6) is -0.868. The van der Waals surface area contributed by atoms with Gasteiger partial charge in [0.1, 0.15) is 5.75 Å². The first kappa shape index (κ1) is 15.8. The number of nitrogens with zero attached hydrogens (tertiary/aromatic N) is 1. The number of carbonyl (C=O) groups excluding carboxylic acids is 3. The number of carbonyl (C=O) groups is 3. The van der Waals surface area contributed by atoms with E-state index in [2.05, 4.69) is 0 Å². The number of hydrogen-bond acceptors (Lipinski definition) is 4. The molecule has 1 N–H and O–H groups in total. The molecule has 1 heterocycles. The van der Waals surface area contributed by atoms with Crippen LogP contribution in [0.2, 0.25) is 0 Å². The quantitative estimate of drug-likeness (QED) is 0.584. The van der Waals surface area contributed by atoms with Crippen LogP contribution in [-0.2, 0) is 0 Å². The lowest BCUT2D eigenvalue weighted by Crippen LogP contribution is -2.29. The Bertz CT molecular complexity index is 1000. The van der Waals surface area contributed by atoms with Crippen LogP contribution in [-0.4, -0.2) is 22.7 Å². The van der Waals surface area contributed by atoms with Crippen molar-refractivity contribution in [3.63, 3.8) is 0 Å². The lowest BCUT2D eigenvalue weighted by atomic mass is 10.0. The number of imide groups is 1. The van der Waals surface area contributed by atoms with Crippen molar-refractivity contribution in [2.24, 2.45) is 0 Å². The average Bonchev–Trinajstić information content (AvgIpc) is 2.93. The van der Waals surface area contributed by atoms with Crippen LogP contribution in [0, 0.1) is 0 Å². The Balaban J connectivity index is 1.63. The van der Waals surface area contributed by atoms with Gasteiger partial charge in [0.05, 0.1) is 16.8 Å². The van der Waals surface area contributed by atoms with Crippen LogP contribution in [0.4, 0.5) is 5.69 Å². The van der Waals surface area contributed by atoms with Crippen LogP contribution >= 0.6 is 0 Å². The van der Waals surface area contributed by atoms with Crippen molar-refractivity contribution in [2.45, 2.75) is 0 Å². The molecule has 3 aromatic rings. The summed E-state index contributed by atoms with van der Waals surface area (Å²) in [6.07, 6.45) is 0. The molecule has 2 amide bonds. The van der Waals surface area contributed by atoms with Gasteiger partial charge in [0.25, 0.3) is 11.8 Å². The van der Waals surface area contributed by atoms with Crippen molar-refractivity contribution < 1.29 is 19.5 Å². The molecule has 126 valence electrons. The van der Waals surface area contributed by atoms with Gasteiger partial charge in [-0.25, -0.2) is 4.90 Å². The van der Waals surface area contributed by atoms with Crippen LogP contribution in [0.15, 0.2) is 72.8 Å². The average molecular weight is 343 g/mol. The number of hydrogen-bond donors (Lipinski definition) is 1. The van der Waals surface area contributed by atoms with Gasteiger partial charge in [0.2, 0.25) is 0 Å². The molecular formula is C21H13NO4. The van der Waals surface area contributed by atoms with E-state index in [1.54, 1.807) is 48.5 Å². The zero-order valence-corrected chi connectivity index (χ0v) is 13.5. The van der Waals surface area contributed by atoms with E-state index in [9.17, 15) is 19.5 Å².